The molecule has 104 valence electrons. The number of alkyl halides is 2. The third kappa shape index (κ3) is 1.77. The van der Waals surface area contributed by atoms with E-state index < -0.39 is 12.5 Å². The van der Waals surface area contributed by atoms with Crippen molar-refractivity contribution >= 4 is 5.82 Å². The molecule has 2 saturated carbocycles. The highest BCUT2D eigenvalue weighted by atomic mass is 19.3. The number of halogens is 2. The van der Waals surface area contributed by atoms with Gasteiger partial charge in [-0.05, 0) is 37.5 Å². The van der Waals surface area contributed by atoms with Gasteiger partial charge in [-0.15, -0.1) is 0 Å². The minimum Gasteiger partial charge on any atom is -0.370 e. The lowest BCUT2D eigenvalue weighted by atomic mass is 9.86. The highest BCUT2D eigenvalue weighted by Gasteiger charge is 2.42. The zero-order valence-electron chi connectivity index (χ0n) is 10.9. The van der Waals surface area contributed by atoms with Gasteiger partial charge < -0.3 is 5.32 Å². The van der Waals surface area contributed by atoms with Crippen LogP contribution in [0.1, 0.15) is 49.8 Å². The Morgan fingerprint density at radius 1 is 1.26 bits per heavy atom. The lowest BCUT2D eigenvalue weighted by Gasteiger charge is -2.24. The number of nitrogens with zero attached hydrogens (tertiary/aromatic N) is 2. The second-order valence-corrected chi connectivity index (χ2v) is 6.30. The molecule has 4 atom stereocenters. The summed E-state index contributed by atoms with van der Waals surface area (Å²) in [5.41, 5.74) is 1.04. The molecule has 5 heteroatoms. The number of hydrogen-bond acceptors (Lipinski definition) is 2. The van der Waals surface area contributed by atoms with Gasteiger partial charge in [0, 0.05) is 18.5 Å². The van der Waals surface area contributed by atoms with Crippen LogP contribution in [0.25, 0.3) is 0 Å². The van der Waals surface area contributed by atoms with Crippen molar-refractivity contribution in [3.63, 3.8) is 0 Å². The highest BCUT2D eigenvalue weighted by molar-refractivity contribution is 5.41. The Morgan fingerprint density at radius 3 is 2.84 bits per heavy atom. The molecule has 3 aliphatic rings. The Kier molecular flexibility index (Phi) is 2.57. The van der Waals surface area contributed by atoms with Crippen molar-refractivity contribution in [2.24, 2.45) is 11.8 Å². The van der Waals surface area contributed by atoms with E-state index in [0.717, 1.165) is 23.3 Å². The summed E-state index contributed by atoms with van der Waals surface area (Å²) in [6.45, 7) is 0.622. The van der Waals surface area contributed by atoms with Crippen LogP contribution in [-0.4, -0.2) is 22.8 Å². The molecule has 19 heavy (non-hydrogen) atoms. The van der Waals surface area contributed by atoms with Gasteiger partial charge in [0.25, 0.3) is 6.43 Å². The summed E-state index contributed by atoms with van der Waals surface area (Å²) < 4.78 is 27.6. The number of hydrogen-bond donors (Lipinski definition) is 1. The Labute approximate surface area is 111 Å². The summed E-state index contributed by atoms with van der Waals surface area (Å²) in [4.78, 5) is 0. The molecular formula is C14H19F2N3. The first-order valence-electron chi connectivity index (χ1n) is 7.34. The van der Waals surface area contributed by atoms with Crippen molar-refractivity contribution in [1.29, 1.82) is 0 Å². The number of fused-ring (bicyclic) bond motifs is 3. The van der Waals surface area contributed by atoms with Crippen molar-refractivity contribution < 1.29 is 8.78 Å². The zero-order chi connectivity index (χ0) is 13.0. The topological polar surface area (TPSA) is 29.9 Å². The fraction of sp³-hybridized carbons (Fsp3) is 0.786. The molecule has 0 spiro atoms. The van der Waals surface area contributed by atoms with Crippen LogP contribution in [0.2, 0.25) is 0 Å². The normalized spacial score (nSPS) is 36.6. The van der Waals surface area contributed by atoms with Crippen LogP contribution < -0.4 is 5.32 Å². The van der Waals surface area contributed by atoms with Crippen molar-refractivity contribution in [2.75, 3.05) is 11.9 Å². The fourth-order valence-electron chi connectivity index (χ4n) is 4.29. The number of aromatic nitrogens is 2. The van der Waals surface area contributed by atoms with Gasteiger partial charge in [0.1, 0.15) is 11.9 Å². The molecule has 3 nitrogen and oxygen atoms in total. The summed E-state index contributed by atoms with van der Waals surface area (Å²) in [5, 5.41) is 7.73. The standard InChI is InChI=1S/C14H19F2N3/c15-14(16)12-3-4-17-13-7-11(18-19(12)13)10-6-8-1-2-9(10)5-8/h7-10,12,14,17H,1-6H2. The van der Waals surface area contributed by atoms with Crippen molar-refractivity contribution in [1.82, 2.24) is 9.78 Å². The summed E-state index contributed by atoms with van der Waals surface area (Å²) >= 11 is 0. The van der Waals surface area contributed by atoms with Gasteiger partial charge in [0.15, 0.2) is 0 Å². The molecule has 2 heterocycles. The molecule has 2 fully saturated rings. The van der Waals surface area contributed by atoms with Crippen LogP contribution in [-0.2, 0) is 0 Å². The molecule has 1 aromatic rings. The molecule has 4 rings (SSSR count). The van der Waals surface area contributed by atoms with E-state index in [1.54, 1.807) is 0 Å². The van der Waals surface area contributed by atoms with Crippen LogP contribution in [0.15, 0.2) is 6.07 Å². The van der Waals surface area contributed by atoms with E-state index in [1.165, 1.54) is 30.4 Å². The zero-order valence-corrected chi connectivity index (χ0v) is 10.9. The molecule has 1 N–H and O–H groups in total. The first-order valence-corrected chi connectivity index (χ1v) is 7.34. The molecule has 0 radical (unpaired) electrons. The second-order valence-electron chi connectivity index (χ2n) is 6.30. The molecule has 1 aromatic heterocycles. The Bertz CT molecular complexity index is 485. The number of rotatable bonds is 2. The van der Waals surface area contributed by atoms with Gasteiger partial charge in [0.2, 0.25) is 0 Å². The van der Waals surface area contributed by atoms with E-state index in [2.05, 4.69) is 10.4 Å². The average molecular weight is 267 g/mol. The number of nitrogens with one attached hydrogen (secondary N) is 1. The van der Waals surface area contributed by atoms with Gasteiger partial charge in [-0.3, -0.25) is 0 Å². The lowest BCUT2D eigenvalue weighted by Crippen LogP contribution is -2.28. The van der Waals surface area contributed by atoms with Crippen LogP contribution in [0.5, 0.6) is 0 Å². The fourth-order valence-corrected chi connectivity index (χ4v) is 4.29. The molecule has 2 bridgehead atoms. The smallest absolute Gasteiger partial charge is 0.260 e. The van der Waals surface area contributed by atoms with E-state index in [0.29, 0.717) is 18.9 Å². The van der Waals surface area contributed by atoms with E-state index in [9.17, 15) is 8.78 Å². The third-order valence-corrected chi connectivity index (χ3v) is 5.22. The predicted molar refractivity (Wildman–Crippen MR) is 68.6 cm³/mol. The van der Waals surface area contributed by atoms with Gasteiger partial charge in [-0.1, -0.05) is 6.42 Å². The molecule has 1 aliphatic heterocycles. The maximum Gasteiger partial charge on any atom is 0.260 e. The first-order chi connectivity index (χ1) is 9.22. The van der Waals surface area contributed by atoms with Crippen LogP contribution in [0.4, 0.5) is 14.6 Å². The highest BCUT2D eigenvalue weighted by Crippen LogP contribution is 2.53. The molecule has 4 unspecified atom stereocenters. The summed E-state index contributed by atoms with van der Waals surface area (Å²) in [5.74, 6) is 2.89. The van der Waals surface area contributed by atoms with Crippen molar-refractivity contribution in [2.45, 2.75) is 50.5 Å². The third-order valence-electron chi connectivity index (χ3n) is 5.22. The molecular weight excluding hydrogens is 248 g/mol. The van der Waals surface area contributed by atoms with E-state index in [-0.39, 0.29) is 0 Å². The Balaban J connectivity index is 1.65. The Hall–Kier alpha value is -1.13. The summed E-state index contributed by atoms with van der Waals surface area (Å²) in [7, 11) is 0. The Morgan fingerprint density at radius 2 is 2.16 bits per heavy atom. The SMILES string of the molecule is FC(F)C1CCNc2cc(C3CC4CCC3C4)nn21. The minimum atomic E-state index is -2.33. The minimum absolute atomic E-state index is 0.461. The maximum absolute atomic E-state index is 13.0. The molecule has 0 aromatic carbocycles. The monoisotopic (exact) mass is 267 g/mol. The molecule has 0 saturated heterocycles. The average Bonchev–Trinajstić information content (AvgIpc) is 3.11. The van der Waals surface area contributed by atoms with Gasteiger partial charge in [0.05, 0.1) is 5.69 Å². The van der Waals surface area contributed by atoms with Gasteiger partial charge >= 0.3 is 0 Å². The lowest BCUT2D eigenvalue weighted by molar-refractivity contribution is 0.0712. The molecule has 0 amide bonds. The van der Waals surface area contributed by atoms with Gasteiger partial charge in [-0.2, -0.15) is 5.10 Å². The van der Waals surface area contributed by atoms with Gasteiger partial charge in [-0.25, -0.2) is 13.5 Å². The van der Waals surface area contributed by atoms with Crippen LogP contribution >= 0.6 is 0 Å². The predicted octanol–water partition coefficient (Wildman–Crippen LogP) is 3.41. The van der Waals surface area contributed by atoms with Crippen molar-refractivity contribution in [3.05, 3.63) is 11.8 Å². The van der Waals surface area contributed by atoms with E-state index >= 15 is 0 Å². The van der Waals surface area contributed by atoms with Crippen molar-refractivity contribution in [3.8, 4) is 0 Å². The summed E-state index contributed by atoms with van der Waals surface area (Å²) in [6, 6.07) is 1.27. The molecule has 2 aliphatic carbocycles. The summed E-state index contributed by atoms with van der Waals surface area (Å²) in [6.07, 6.45) is 3.31. The second kappa shape index (κ2) is 4.18. The largest absolute Gasteiger partial charge is 0.370 e. The van der Waals surface area contributed by atoms with Crippen LogP contribution in [0.3, 0.4) is 0 Å². The van der Waals surface area contributed by atoms with E-state index in [4.69, 9.17) is 0 Å². The maximum atomic E-state index is 13.0. The van der Waals surface area contributed by atoms with Crippen LogP contribution in [0, 0.1) is 11.8 Å². The first kappa shape index (κ1) is 11.7. The number of anilines is 1. The van der Waals surface area contributed by atoms with E-state index in [1.807, 2.05) is 6.07 Å². The quantitative estimate of drug-likeness (QED) is 0.890.